The van der Waals surface area contributed by atoms with Crippen molar-refractivity contribution in [1.82, 2.24) is 20.4 Å². The molecule has 27 heavy (non-hydrogen) atoms. The van der Waals surface area contributed by atoms with Crippen LogP contribution >= 0.6 is 11.8 Å². The first-order valence-corrected chi connectivity index (χ1v) is 9.11. The van der Waals surface area contributed by atoms with Gasteiger partial charge in [-0.1, -0.05) is 23.9 Å². The Morgan fingerprint density at radius 2 is 2.15 bits per heavy atom. The van der Waals surface area contributed by atoms with Crippen LogP contribution in [0.4, 0.5) is 10.5 Å². The Morgan fingerprint density at radius 1 is 1.33 bits per heavy atom. The minimum atomic E-state index is -0.429. The molecule has 0 unspecified atom stereocenters. The number of urea groups is 1. The Kier molecular flexibility index (Phi) is 5.91. The number of anilines is 1. The lowest BCUT2D eigenvalue weighted by atomic mass is 10.3. The normalized spacial score (nSPS) is 14.1. The summed E-state index contributed by atoms with van der Waals surface area (Å²) in [4.78, 5) is 36.2. The molecule has 0 radical (unpaired) electrons. The molecule has 3 N–H and O–H groups in total. The SMILES string of the molecule is O=C1CCN(CCc2nnc(SCC(=O)Nc3ccccc3O)o2)C(=O)N1. The van der Waals surface area contributed by atoms with Gasteiger partial charge in [0.2, 0.25) is 17.7 Å². The van der Waals surface area contributed by atoms with Gasteiger partial charge in [-0.3, -0.25) is 14.9 Å². The molecule has 1 saturated heterocycles. The molecule has 0 saturated carbocycles. The van der Waals surface area contributed by atoms with E-state index in [1.807, 2.05) is 0 Å². The number of phenols is 1. The summed E-state index contributed by atoms with van der Waals surface area (Å²) >= 11 is 1.07. The highest BCUT2D eigenvalue weighted by atomic mass is 32.2. The average Bonchev–Trinajstić information content (AvgIpc) is 3.09. The van der Waals surface area contributed by atoms with Gasteiger partial charge in [0.1, 0.15) is 5.75 Å². The first kappa shape index (κ1) is 18.7. The summed E-state index contributed by atoms with van der Waals surface area (Å²) < 4.78 is 5.44. The summed E-state index contributed by atoms with van der Waals surface area (Å²) in [7, 11) is 0. The number of aromatic hydroxyl groups is 1. The van der Waals surface area contributed by atoms with Crippen LogP contribution in [0.2, 0.25) is 0 Å². The van der Waals surface area contributed by atoms with Crippen molar-refractivity contribution in [1.29, 1.82) is 0 Å². The number of nitrogens with zero attached hydrogens (tertiary/aromatic N) is 3. The topological polar surface area (TPSA) is 138 Å². The number of rotatable bonds is 7. The lowest BCUT2D eigenvalue weighted by Gasteiger charge is -2.25. The standard InChI is InChI=1S/C16H17N5O5S/c22-11-4-2-1-3-10(11)17-13(24)9-27-16-20-19-14(26-16)6-8-21-7-5-12(23)18-15(21)25/h1-4,22H,5-9H2,(H,17,24)(H,18,23,25). The quantitative estimate of drug-likeness (QED) is 0.469. The highest BCUT2D eigenvalue weighted by molar-refractivity contribution is 7.99. The second-order valence-electron chi connectivity index (χ2n) is 5.66. The number of nitrogens with one attached hydrogen (secondary N) is 2. The summed E-state index contributed by atoms with van der Waals surface area (Å²) in [5, 5.41) is 22.4. The van der Waals surface area contributed by atoms with Gasteiger partial charge in [0.15, 0.2) is 0 Å². The number of carbonyl (C=O) groups is 3. The maximum Gasteiger partial charge on any atom is 0.324 e. The Labute approximate surface area is 158 Å². The highest BCUT2D eigenvalue weighted by Crippen LogP contribution is 2.22. The Morgan fingerprint density at radius 3 is 2.93 bits per heavy atom. The molecule has 1 aliphatic heterocycles. The van der Waals surface area contributed by atoms with E-state index >= 15 is 0 Å². The summed E-state index contributed by atoms with van der Waals surface area (Å²) in [5.74, 6) is -0.250. The van der Waals surface area contributed by atoms with Gasteiger partial charge in [0.25, 0.3) is 5.22 Å². The van der Waals surface area contributed by atoms with E-state index < -0.39 is 6.03 Å². The van der Waals surface area contributed by atoms with Crippen LogP contribution in [0, 0.1) is 0 Å². The van der Waals surface area contributed by atoms with E-state index in [4.69, 9.17) is 4.42 Å². The maximum atomic E-state index is 11.9. The molecule has 2 aromatic rings. The van der Waals surface area contributed by atoms with Crippen LogP contribution in [0.3, 0.4) is 0 Å². The van der Waals surface area contributed by atoms with Crippen LogP contribution in [-0.2, 0) is 16.0 Å². The molecule has 142 valence electrons. The van der Waals surface area contributed by atoms with Crippen LogP contribution in [0.5, 0.6) is 5.75 Å². The number of benzene rings is 1. The number of para-hydroxylation sites is 2. The number of imide groups is 1. The number of amides is 4. The number of phenolic OH excluding ortho intramolecular Hbond substituents is 1. The van der Waals surface area contributed by atoms with E-state index in [0.29, 0.717) is 31.1 Å². The maximum absolute atomic E-state index is 11.9. The Bertz CT molecular complexity index is 855. The second-order valence-corrected chi connectivity index (χ2v) is 6.58. The lowest BCUT2D eigenvalue weighted by molar-refractivity contribution is -0.121. The second kappa shape index (κ2) is 8.54. The largest absolute Gasteiger partial charge is 0.506 e. The summed E-state index contributed by atoms with van der Waals surface area (Å²) in [5.41, 5.74) is 0.326. The fourth-order valence-corrected chi connectivity index (χ4v) is 2.91. The smallest absolute Gasteiger partial charge is 0.324 e. The highest BCUT2D eigenvalue weighted by Gasteiger charge is 2.23. The van der Waals surface area contributed by atoms with Crippen molar-refractivity contribution in [2.75, 3.05) is 24.2 Å². The fourth-order valence-electron chi connectivity index (χ4n) is 2.33. The van der Waals surface area contributed by atoms with Crippen molar-refractivity contribution >= 4 is 35.3 Å². The molecule has 10 nitrogen and oxygen atoms in total. The number of carbonyl (C=O) groups excluding carboxylic acids is 3. The first-order chi connectivity index (χ1) is 13.0. The number of thioether (sulfide) groups is 1. The van der Waals surface area contributed by atoms with E-state index in [1.165, 1.54) is 11.0 Å². The van der Waals surface area contributed by atoms with Gasteiger partial charge >= 0.3 is 6.03 Å². The van der Waals surface area contributed by atoms with E-state index in [-0.39, 0.29) is 35.0 Å². The molecule has 1 aliphatic rings. The fraction of sp³-hybridized carbons (Fsp3) is 0.312. The van der Waals surface area contributed by atoms with Crippen molar-refractivity contribution in [2.45, 2.75) is 18.1 Å². The van der Waals surface area contributed by atoms with Crippen LogP contribution in [-0.4, -0.2) is 56.9 Å². The molecule has 0 bridgehead atoms. The molecule has 0 aliphatic carbocycles. The van der Waals surface area contributed by atoms with Crippen molar-refractivity contribution in [3.8, 4) is 5.75 Å². The van der Waals surface area contributed by atoms with Gasteiger partial charge < -0.3 is 19.7 Å². The van der Waals surface area contributed by atoms with Crippen molar-refractivity contribution < 1.29 is 23.9 Å². The van der Waals surface area contributed by atoms with Gasteiger partial charge in [-0.05, 0) is 12.1 Å². The first-order valence-electron chi connectivity index (χ1n) is 8.13. The molecular weight excluding hydrogens is 374 g/mol. The molecule has 0 spiro atoms. The molecule has 11 heteroatoms. The van der Waals surface area contributed by atoms with E-state index in [1.54, 1.807) is 18.2 Å². The Balaban J connectivity index is 1.44. The molecule has 1 fully saturated rings. The van der Waals surface area contributed by atoms with Gasteiger partial charge in [0, 0.05) is 25.9 Å². The molecule has 0 atom stereocenters. The average molecular weight is 391 g/mol. The predicted molar refractivity (Wildman–Crippen MR) is 95.2 cm³/mol. The number of hydrogen-bond donors (Lipinski definition) is 3. The third-order valence-electron chi connectivity index (χ3n) is 3.69. The van der Waals surface area contributed by atoms with Gasteiger partial charge in [-0.2, -0.15) is 0 Å². The molecule has 3 rings (SSSR count). The van der Waals surface area contributed by atoms with Gasteiger partial charge in [-0.25, -0.2) is 4.79 Å². The van der Waals surface area contributed by atoms with Gasteiger partial charge in [0.05, 0.1) is 11.4 Å². The van der Waals surface area contributed by atoms with Crippen molar-refractivity contribution in [3.63, 3.8) is 0 Å². The van der Waals surface area contributed by atoms with Crippen LogP contribution in [0.1, 0.15) is 12.3 Å². The number of aromatic nitrogens is 2. The van der Waals surface area contributed by atoms with E-state index in [9.17, 15) is 19.5 Å². The zero-order valence-corrected chi connectivity index (χ0v) is 15.0. The molecule has 1 aromatic heterocycles. The lowest BCUT2D eigenvalue weighted by Crippen LogP contribution is -2.49. The van der Waals surface area contributed by atoms with Crippen LogP contribution < -0.4 is 10.6 Å². The monoisotopic (exact) mass is 391 g/mol. The Hall–Kier alpha value is -3.08. The zero-order valence-electron chi connectivity index (χ0n) is 14.2. The summed E-state index contributed by atoms with van der Waals surface area (Å²) in [6, 6.07) is 6.00. The summed E-state index contributed by atoms with van der Waals surface area (Å²) in [6.45, 7) is 0.700. The molecular formula is C16H17N5O5S. The zero-order chi connectivity index (χ0) is 19.2. The predicted octanol–water partition coefficient (Wildman–Crippen LogP) is 0.990. The minimum Gasteiger partial charge on any atom is -0.506 e. The van der Waals surface area contributed by atoms with Crippen molar-refractivity contribution in [3.05, 3.63) is 30.2 Å². The number of hydrogen-bond acceptors (Lipinski definition) is 8. The summed E-state index contributed by atoms with van der Waals surface area (Å²) in [6.07, 6.45) is 0.613. The van der Waals surface area contributed by atoms with E-state index in [0.717, 1.165) is 11.8 Å². The van der Waals surface area contributed by atoms with Gasteiger partial charge in [-0.15, -0.1) is 10.2 Å². The third kappa shape index (κ3) is 5.20. The van der Waals surface area contributed by atoms with Crippen LogP contribution in [0.25, 0.3) is 0 Å². The van der Waals surface area contributed by atoms with Crippen molar-refractivity contribution in [2.24, 2.45) is 0 Å². The van der Waals surface area contributed by atoms with Crippen LogP contribution in [0.15, 0.2) is 33.9 Å². The molecule has 2 heterocycles. The molecule has 4 amide bonds. The minimum absolute atomic E-state index is 0.0145. The van der Waals surface area contributed by atoms with E-state index in [2.05, 4.69) is 20.8 Å². The molecule has 1 aromatic carbocycles. The third-order valence-corrected chi connectivity index (χ3v) is 4.51.